The number of nitrogen functional groups attached to an aromatic ring is 1. The monoisotopic (exact) mass is 325 g/mol. The number of halogens is 3. The summed E-state index contributed by atoms with van der Waals surface area (Å²) >= 11 is 3.43. The van der Waals surface area contributed by atoms with E-state index in [-0.39, 0.29) is 5.56 Å². The molecule has 0 radical (unpaired) electrons. The molecule has 0 unspecified atom stereocenters. The van der Waals surface area contributed by atoms with Crippen LogP contribution in [0.5, 0.6) is 0 Å². The summed E-state index contributed by atoms with van der Waals surface area (Å²) < 4.78 is 26.9. The number of benzene rings is 1. The van der Waals surface area contributed by atoms with E-state index in [1.807, 2.05) is 6.07 Å². The average Bonchev–Trinajstić information content (AvgIpc) is 2.47. The van der Waals surface area contributed by atoms with Gasteiger partial charge in [-0.05, 0) is 34.7 Å². The van der Waals surface area contributed by atoms with Crippen molar-refractivity contribution in [3.8, 4) is 0 Å². The van der Waals surface area contributed by atoms with E-state index in [1.165, 1.54) is 16.7 Å². The maximum absolute atomic E-state index is 12.6. The second-order valence-corrected chi connectivity index (χ2v) is 5.02. The van der Waals surface area contributed by atoms with Gasteiger partial charge in [-0.25, -0.2) is 8.78 Å². The van der Waals surface area contributed by atoms with Crippen molar-refractivity contribution in [2.24, 2.45) is 0 Å². The van der Waals surface area contributed by atoms with Gasteiger partial charge < -0.3 is 5.73 Å². The number of hydrogen-bond acceptors (Lipinski definition) is 2. The van der Waals surface area contributed by atoms with Crippen LogP contribution in [0.2, 0.25) is 0 Å². The molecule has 1 heterocycles. The quantitative estimate of drug-likeness (QED) is 0.622. The minimum Gasteiger partial charge on any atom is -0.398 e. The lowest BCUT2D eigenvalue weighted by molar-refractivity contribution is 0.153. The molecule has 2 rings (SSSR count). The molecule has 1 aromatic heterocycles. The molecule has 0 saturated heterocycles. The molecule has 0 aliphatic heterocycles. The molecule has 0 amide bonds. The van der Waals surface area contributed by atoms with Crippen LogP contribution in [0.3, 0.4) is 0 Å². The normalized spacial score (nSPS) is 11.4. The van der Waals surface area contributed by atoms with Crippen LogP contribution in [-0.2, 0) is 0 Å². The van der Waals surface area contributed by atoms with Gasteiger partial charge in [-0.15, -0.1) is 11.3 Å². The summed E-state index contributed by atoms with van der Waals surface area (Å²) in [4.78, 5) is 0. The maximum Gasteiger partial charge on any atom is 0.265 e. The molecule has 0 saturated carbocycles. The molecule has 14 heavy (non-hydrogen) atoms. The van der Waals surface area contributed by atoms with E-state index in [0.29, 0.717) is 11.1 Å². The van der Waals surface area contributed by atoms with E-state index in [9.17, 15) is 8.78 Å². The Kier molecular flexibility index (Phi) is 2.61. The van der Waals surface area contributed by atoms with Gasteiger partial charge in [0.25, 0.3) is 6.43 Å². The number of thiophene rings is 1. The summed E-state index contributed by atoms with van der Waals surface area (Å²) in [6.45, 7) is 0. The Morgan fingerprint density at radius 3 is 2.71 bits per heavy atom. The third-order valence-corrected chi connectivity index (χ3v) is 3.50. The largest absolute Gasteiger partial charge is 0.398 e. The number of rotatable bonds is 1. The molecular weight excluding hydrogens is 319 g/mol. The van der Waals surface area contributed by atoms with Crippen LogP contribution in [0.15, 0.2) is 17.5 Å². The van der Waals surface area contributed by atoms with Gasteiger partial charge in [0.15, 0.2) is 0 Å². The standard InChI is InChI=1S/C9H6F2INS/c10-9(11)5-3-14-7-2-4(12)1-6(13)8(5)7/h1-3,9H,13H2. The minimum absolute atomic E-state index is 0.0406. The first-order chi connectivity index (χ1) is 6.59. The Balaban J connectivity index is 2.79. The van der Waals surface area contributed by atoms with Crippen molar-refractivity contribution in [3.05, 3.63) is 26.6 Å². The fraction of sp³-hybridized carbons (Fsp3) is 0.111. The molecule has 0 spiro atoms. The molecule has 0 fully saturated rings. The molecule has 1 nitrogen and oxygen atoms in total. The molecule has 5 heteroatoms. The number of alkyl halides is 2. The smallest absolute Gasteiger partial charge is 0.265 e. The SMILES string of the molecule is Nc1cc(I)cc2scc(C(F)F)c12. The Bertz CT molecular complexity index is 481. The fourth-order valence-corrected chi connectivity index (χ4v) is 3.23. The zero-order chi connectivity index (χ0) is 10.3. The van der Waals surface area contributed by atoms with Crippen LogP contribution in [0.1, 0.15) is 12.0 Å². The molecule has 0 atom stereocenters. The van der Waals surface area contributed by atoms with Crippen molar-refractivity contribution < 1.29 is 8.78 Å². The zero-order valence-electron chi connectivity index (χ0n) is 6.93. The Labute approximate surface area is 97.1 Å². The minimum atomic E-state index is -2.45. The van der Waals surface area contributed by atoms with Gasteiger partial charge in [-0.1, -0.05) is 0 Å². The lowest BCUT2D eigenvalue weighted by atomic mass is 10.1. The highest BCUT2D eigenvalue weighted by atomic mass is 127. The lowest BCUT2D eigenvalue weighted by Crippen LogP contribution is -1.89. The number of nitrogens with two attached hydrogens (primary N) is 1. The molecule has 0 bridgehead atoms. The van der Waals surface area contributed by atoms with Crippen molar-refractivity contribution in [2.75, 3.05) is 5.73 Å². The number of anilines is 1. The van der Waals surface area contributed by atoms with E-state index < -0.39 is 6.43 Å². The van der Waals surface area contributed by atoms with Gasteiger partial charge in [0.2, 0.25) is 0 Å². The summed E-state index contributed by atoms with van der Waals surface area (Å²) in [5.41, 5.74) is 6.18. The summed E-state index contributed by atoms with van der Waals surface area (Å²) in [7, 11) is 0. The molecule has 1 aromatic carbocycles. The van der Waals surface area contributed by atoms with E-state index in [0.717, 1.165) is 8.27 Å². The highest BCUT2D eigenvalue weighted by molar-refractivity contribution is 14.1. The molecule has 0 aliphatic carbocycles. The Hall–Kier alpha value is -0.430. The van der Waals surface area contributed by atoms with Gasteiger partial charge in [-0.3, -0.25) is 0 Å². The van der Waals surface area contributed by atoms with Crippen molar-refractivity contribution in [3.63, 3.8) is 0 Å². The number of fused-ring (bicyclic) bond motifs is 1. The van der Waals surface area contributed by atoms with E-state index in [1.54, 1.807) is 6.07 Å². The van der Waals surface area contributed by atoms with Crippen LogP contribution in [0.4, 0.5) is 14.5 Å². The first-order valence-electron chi connectivity index (χ1n) is 3.84. The van der Waals surface area contributed by atoms with Crippen molar-refractivity contribution in [1.82, 2.24) is 0 Å². The Morgan fingerprint density at radius 2 is 2.07 bits per heavy atom. The topological polar surface area (TPSA) is 26.0 Å². The van der Waals surface area contributed by atoms with Crippen LogP contribution in [0, 0.1) is 3.57 Å². The van der Waals surface area contributed by atoms with E-state index in [4.69, 9.17) is 5.73 Å². The van der Waals surface area contributed by atoms with Gasteiger partial charge in [-0.2, -0.15) is 0 Å². The fourth-order valence-electron chi connectivity index (χ4n) is 1.35. The second-order valence-electron chi connectivity index (χ2n) is 2.86. The first kappa shape index (κ1) is 10.1. The predicted molar refractivity (Wildman–Crippen MR) is 63.9 cm³/mol. The Morgan fingerprint density at radius 1 is 1.36 bits per heavy atom. The van der Waals surface area contributed by atoms with Gasteiger partial charge >= 0.3 is 0 Å². The molecule has 0 aliphatic rings. The average molecular weight is 325 g/mol. The van der Waals surface area contributed by atoms with Gasteiger partial charge in [0.1, 0.15) is 0 Å². The van der Waals surface area contributed by atoms with Crippen LogP contribution >= 0.6 is 33.9 Å². The van der Waals surface area contributed by atoms with Crippen molar-refractivity contribution in [1.29, 1.82) is 0 Å². The highest BCUT2D eigenvalue weighted by Crippen LogP contribution is 2.37. The van der Waals surface area contributed by atoms with Crippen molar-refractivity contribution in [2.45, 2.75) is 6.43 Å². The maximum atomic E-state index is 12.6. The zero-order valence-corrected chi connectivity index (χ0v) is 9.90. The summed E-state index contributed by atoms with van der Waals surface area (Å²) in [6.07, 6.45) is -2.45. The second kappa shape index (κ2) is 3.62. The third kappa shape index (κ3) is 1.58. The van der Waals surface area contributed by atoms with Gasteiger partial charge in [0.05, 0.1) is 0 Å². The van der Waals surface area contributed by atoms with Crippen LogP contribution < -0.4 is 5.73 Å². The molecular formula is C9H6F2INS. The summed E-state index contributed by atoms with van der Waals surface area (Å²) in [6, 6.07) is 3.57. The third-order valence-electron chi connectivity index (χ3n) is 1.93. The van der Waals surface area contributed by atoms with Crippen molar-refractivity contribution >= 4 is 49.7 Å². The van der Waals surface area contributed by atoms with Gasteiger partial charge in [0, 0.05) is 30.3 Å². The summed E-state index contributed by atoms with van der Waals surface area (Å²) in [5, 5.41) is 1.98. The van der Waals surface area contributed by atoms with Crippen LogP contribution in [-0.4, -0.2) is 0 Å². The number of hydrogen-bond donors (Lipinski definition) is 1. The molecule has 2 aromatic rings. The first-order valence-corrected chi connectivity index (χ1v) is 5.79. The molecule has 74 valence electrons. The summed E-state index contributed by atoms with van der Waals surface area (Å²) in [5.74, 6) is 0. The highest BCUT2D eigenvalue weighted by Gasteiger charge is 2.15. The van der Waals surface area contributed by atoms with Crippen LogP contribution in [0.25, 0.3) is 10.1 Å². The van der Waals surface area contributed by atoms with E-state index >= 15 is 0 Å². The lowest BCUT2D eigenvalue weighted by Gasteiger charge is -2.01. The predicted octanol–water partition coefficient (Wildman–Crippen LogP) is 4.03. The molecule has 2 N–H and O–H groups in total. The van der Waals surface area contributed by atoms with E-state index in [2.05, 4.69) is 22.6 Å².